The third-order valence-electron chi connectivity index (χ3n) is 4.94. The molecule has 0 aromatic heterocycles. The molecule has 1 fully saturated rings. The summed E-state index contributed by atoms with van der Waals surface area (Å²) in [5, 5.41) is 10.8. The fourth-order valence-electron chi connectivity index (χ4n) is 3.44. The van der Waals surface area contributed by atoms with Crippen LogP contribution < -0.4 is 0 Å². The van der Waals surface area contributed by atoms with Crippen LogP contribution in [0.25, 0.3) is 0 Å². The van der Waals surface area contributed by atoms with Crippen molar-refractivity contribution in [3.05, 3.63) is 28.8 Å². The van der Waals surface area contributed by atoms with E-state index < -0.39 is 6.04 Å². The molecule has 144 valence electrons. The fraction of sp³-hybridized carbons (Fsp3) is 0.619. The Kier molecular flexibility index (Phi) is 5.41. The SMILES string of the molecule is COC(=O)C1CCC(=O)N1Cc1cc(C(C)(C)C)c(O)c(C(C)(C)C)c1. The van der Waals surface area contributed by atoms with Crippen LogP contribution in [-0.4, -0.2) is 35.0 Å². The number of ether oxygens (including phenoxy) is 1. The van der Waals surface area contributed by atoms with Crippen LogP contribution >= 0.6 is 0 Å². The van der Waals surface area contributed by atoms with Gasteiger partial charge in [-0.05, 0) is 46.1 Å². The number of nitrogens with zero attached hydrogens (tertiary/aromatic N) is 1. The van der Waals surface area contributed by atoms with E-state index in [-0.39, 0.29) is 22.7 Å². The highest BCUT2D eigenvalue weighted by Gasteiger charge is 2.37. The molecule has 0 saturated carbocycles. The lowest BCUT2D eigenvalue weighted by molar-refractivity contribution is -0.149. The number of phenolic OH excluding ortho intramolecular Hbond substituents is 1. The first-order valence-electron chi connectivity index (χ1n) is 9.10. The maximum atomic E-state index is 12.3. The number of amides is 1. The second kappa shape index (κ2) is 6.93. The van der Waals surface area contributed by atoms with Crippen molar-refractivity contribution in [3.63, 3.8) is 0 Å². The number of carbonyl (C=O) groups excluding carboxylic acids is 2. The van der Waals surface area contributed by atoms with E-state index in [1.807, 2.05) is 12.1 Å². The van der Waals surface area contributed by atoms with Crippen molar-refractivity contribution in [3.8, 4) is 5.75 Å². The Morgan fingerprint density at radius 1 is 1.15 bits per heavy atom. The average molecular weight is 361 g/mol. The summed E-state index contributed by atoms with van der Waals surface area (Å²) in [6.07, 6.45) is 0.845. The Balaban J connectivity index is 2.49. The zero-order chi connectivity index (χ0) is 19.9. The molecule has 0 bridgehead atoms. The van der Waals surface area contributed by atoms with E-state index in [4.69, 9.17) is 4.74 Å². The molecule has 0 spiro atoms. The predicted molar refractivity (Wildman–Crippen MR) is 101 cm³/mol. The van der Waals surface area contributed by atoms with E-state index in [9.17, 15) is 14.7 Å². The summed E-state index contributed by atoms with van der Waals surface area (Å²) >= 11 is 0. The van der Waals surface area contributed by atoms with Crippen molar-refractivity contribution in [1.29, 1.82) is 0 Å². The third-order valence-corrected chi connectivity index (χ3v) is 4.94. The smallest absolute Gasteiger partial charge is 0.328 e. The molecule has 1 atom stereocenters. The Hall–Kier alpha value is -2.04. The number of benzene rings is 1. The van der Waals surface area contributed by atoms with Crippen LogP contribution in [0.5, 0.6) is 5.75 Å². The molecular weight excluding hydrogens is 330 g/mol. The Bertz CT molecular complexity index is 675. The second-order valence-corrected chi connectivity index (χ2v) is 9.14. The minimum atomic E-state index is -0.530. The van der Waals surface area contributed by atoms with Gasteiger partial charge in [-0.2, -0.15) is 0 Å². The van der Waals surface area contributed by atoms with Crippen LogP contribution in [0.15, 0.2) is 12.1 Å². The first-order valence-corrected chi connectivity index (χ1v) is 9.10. The van der Waals surface area contributed by atoms with Gasteiger partial charge in [0.25, 0.3) is 0 Å². The molecule has 1 aliphatic rings. The Morgan fingerprint density at radius 2 is 1.65 bits per heavy atom. The molecule has 1 aromatic rings. The topological polar surface area (TPSA) is 66.8 Å². The summed E-state index contributed by atoms with van der Waals surface area (Å²) in [5.74, 6) is -0.101. The van der Waals surface area contributed by atoms with Gasteiger partial charge in [-0.1, -0.05) is 41.5 Å². The summed E-state index contributed by atoms with van der Waals surface area (Å²) in [4.78, 5) is 25.9. The summed E-state index contributed by atoms with van der Waals surface area (Å²) in [5.41, 5.74) is 2.14. The maximum absolute atomic E-state index is 12.3. The fourth-order valence-corrected chi connectivity index (χ4v) is 3.44. The molecule has 5 nitrogen and oxygen atoms in total. The van der Waals surface area contributed by atoms with Crippen molar-refractivity contribution in [2.75, 3.05) is 7.11 Å². The zero-order valence-electron chi connectivity index (χ0n) is 17.0. The van der Waals surface area contributed by atoms with Crippen molar-refractivity contribution >= 4 is 11.9 Å². The molecule has 1 aliphatic heterocycles. The normalized spacial score (nSPS) is 18.3. The number of methoxy groups -OCH3 is 1. The van der Waals surface area contributed by atoms with Crippen LogP contribution in [0.4, 0.5) is 0 Å². The van der Waals surface area contributed by atoms with Crippen molar-refractivity contribution in [2.24, 2.45) is 0 Å². The van der Waals surface area contributed by atoms with Crippen molar-refractivity contribution in [2.45, 2.75) is 77.8 Å². The van der Waals surface area contributed by atoms with Gasteiger partial charge in [-0.25, -0.2) is 4.79 Å². The molecule has 2 rings (SSSR count). The lowest BCUT2D eigenvalue weighted by atomic mass is 9.78. The van der Waals surface area contributed by atoms with E-state index in [0.29, 0.717) is 25.1 Å². The molecule has 1 unspecified atom stereocenters. The van der Waals surface area contributed by atoms with Gasteiger partial charge in [0.15, 0.2) is 0 Å². The first kappa shape index (κ1) is 20.3. The van der Waals surface area contributed by atoms with Crippen molar-refractivity contribution < 1.29 is 19.4 Å². The van der Waals surface area contributed by atoms with Gasteiger partial charge in [0, 0.05) is 13.0 Å². The number of likely N-dealkylation sites (tertiary alicyclic amines) is 1. The highest BCUT2D eigenvalue weighted by Crippen LogP contribution is 2.40. The summed E-state index contributed by atoms with van der Waals surface area (Å²) in [6.45, 7) is 12.7. The number of phenols is 1. The van der Waals surface area contributed by atoms with Gasteiger partial charge < -0.3 is 14.7 Å². The maximum Gasteiger partial charge on any atom is 0.328 e. The highest BCUT2D eigenvalue weighted by atomic mass is 16.5. The number of rotatable bonds is 3. The molecule has 1 amide bonds. The minimum absolute atomic E-state index is 0.0388. The van der Waals surface area contributed by atoms with Gasteiger partial charge in [0.05, 0.1) is 7.11 Å². The van der Waals surface area contributed by atoms with E-state index in [0.717, 1.165) is 16.7 Å². The Labute approximate surface area is 156 Å². The molecule has 1 heterocycles. The molecular formula is C21H31NO4. The molecule has 0 radical (unpaired) electrons. The third kappa shape index (κ3) is 4.02. The van der Waals surface area contributed by atoms with Gasteiger partial charge in [-0.15, -0.1) is 0 Å². The first-order chi connectivity index (χ1) is 11.9. The lowest BCUT2D eigenvalue weighted by Gasteiger charge is -2.30. The molecule has 0 aliphatic carbocycles. The van der Waals surface area contributed by atoms with Crippen LogP contribution in [0.2, 0.25) is 0 Å². The summed E-state index contributed by atoms with van der Waals surface area (Å²) in [6, 6.07) is 3.37. The number of hydrogen-bond acceptors (Lipinski definition) is 4. The molecule has 1 aromatic carbocycles. The van der Waals surface area contributed by atoms with Crippen LogP contribution in [0, 0.1) is 0 Å². The number of hydrogen-bond donors (Lipinski definition) is 1. The van der Waals surface area contributed by atoms with Crippen LogP contribution in [-0.2, 0) is 31.7 Å². The van der Waals surface area contributed by atoms with Crippen molar-refractivity contribution in [1.82, 2.24) is 4.90 Å². The standard InChI is InChI=1S/C21H31NO4/c1-20(2,3)14-10-13(11-15(18(14)24)21(4,5)6)12-22-16(19(25)26-7)8-9-17(22)23/h10-11,16,24H,8-9,12H2,1-7H3. The van der Waals surface area contributed by atoms with E-state index in [2.05, 4.69) is 41.5 Å². The molecule has 1 saturated heterocycles. The average Bonchev–Trinajstić information content (AvgIpc) is 2.87. The Morgan fingerprint density at radius 3 is 2.08 bits per heavy atom. The predicted octanol–water partition coefficient (Wildman–Crippen LogP) is 3.65. The van der Waals surface area contributed by atoms with Crippen LogP contribution in [0.1, 0.15) is 71.1 Å². The van der Waals surface area contributed by atoms with Gasteiger partial charge >= 0.3 is 5.97 Å². The second-order valence-electron chi connectivity index (χ2n) is 9.14. The van der Waals surface area contributed by atoms with E-state index >= 15 is 0 Å². The monoisotopic (exact) mass is 361 g/mol. The number of esters is 1. The van der Waals surface area contributed by atoms with Gasteiger partial charge in [-0.3, -0.25) is 4.79 Å². The molecule has 1 N–H and O–H groups in total. The minimum Gasteiger partial charge on any atom is -0.507 e. The summed E-state index contributed by atoms with van der Waals surface area (Å²) < 4.78 is 4.85. The zero-order valence-corrected chi connectivity index (χ0v) is 17.0. The number of aromatic hydroxyl groups is 1. The quantitative estimate of drug-likeness (QED) is 0.835. The van der Waals surface area contributed by atoms with Gasteiger partial charge in [0.2, 0.25) is 5.91 Å². The summed E-state index contributed by atoms with van der Waals surface area (Å²) in [7, 11) is 1.35. The largest absolute Gasteiger partial charge is 0.507 e. The van der Waals surface area contributed by atoms with E-state index in [1.165, 1.54) is 7.11 Å². The van der Waals surface area contributed by atoms with Crippen LogP contribution in [0.3, 0.4) is 0 Å². The lowest BCUT2D eigenvalue weighted by Crippen LogP contribution is -2.38. The molecule has 5 heteroatoms. The number of carbonyl (C=O) groups is 2. The van der Waals surface area contributed by atoms with E-state index in [1.54, 1.807) is 4.90 Å². The van der Waals surface area contributed by atoms with Gasteiger partial charge in [0.1, 0.15) is 11.8 Å². The highest BCUT2D eigenvalue weighted by molar-refractivity contribution is 5.88. The molecule has 26 heavy (non-hydrogen) atoms.